The van der Waals surface area contributed by atoms with Gasteiger partial charge < -0.3 is 15.7 Å². The Morgan fingerprint density at radius 3 is 2.89 bits per heavy atom. The van der Waals surface area contributed by atoms with Crippen LogP contribution >= 0.6 is 0 Å². The molecule has 3 N–H and O–H groups in total. The second kappa shape index (κ2) is 6.02. The molecule has 0 saturated heterocycles. The van der Waals surface area contributed by atoms with E-state index in [1.807, 2.05) is 0 Å². The number of aromatic nitrogens is 1. The van der Waals surface area contributed by atoms with Gasteiger partial charge in [-0.3, -0.25) is 4.79 Å². The number of aliphatic hydroxyl groups excluding tert-OH is 1. The SMILES string of the molecule is CNC(=O)c1cccnc1NCC1(CCO)CCC1. The minimum absolute atomic E-state index is 0.139. The van der Waals surface area contributed by atoms with Crippen LogP contribution in [0, 0.1) is 5.41 Å². The van der Waals surface area contributed by atoms with Gasteiger partial charge in [0.2, 0.25) is 0 Å². The number of amides is 1. The van der Waals surface area contributed by atoms with E-state index in [-0.39, 0.29) is 17.9 Å². The molecule has 19 heavy (non-hydrogen) atoms. The van der Waals surface area contributed by atoms with Crippen molar-refractivity contribution in [2.24, 2.45) is 5.41 Å². The minimum atomic E-state index is -0.139. The Bertz CT molecular complexity index is 444. The normalized spacial score (nSPS) is 16.5. The van der Waals surface area contributed by atoms with E-state index in [4.69, 9.17) is 5.11 Å². The number of nitrogens with one attached hydrogen (secondary N) is 2. The number of nitrogens with zero attached hydrogens (tertiary/aromatic N) is 1. The van der Waals surface area contributed by atoms with Crippen LogP contribution < -0.4 is 10.6 Å². The van der Waals surface area contributed by atoms with Crippen LogP contribution in [0.1, 0.15) is 36.0 Å². The smallest absolute Gasteiger partial charge is 0.254 e. The highest BCUT2D eigenvalue weighted by molar-refractivity contribution is 5.98. The average molecular weight is 263 g/mol. The van der Waals surface area contributed by atoms with E-state index < -0.39 is 0 Å². The summed E-state index contributed by atoms with van der Waals surface area (Å²) in [7, 11) is 1.61. The highest BCUT2D eigenvalue weighted by Crippen LogP contribution is 2.43. The molecule has 104 valence electrons. The average Bonchev–Trinajstić information content (AvgIpc) is 2.41. The van der Waals surface area contributed by atoms with Crippen molar-refractivity contribution in [1.82, 2.24) is 10.3 Å². The maximum Gasteiger partial charge on any atom is 0.254 e. The molecule has 1 amide bonds. The largest absolute Gasteiger partial charge is 0.396 e. The van der Waals surface area contributed by atoms with Crippen LogP contribution in [0.2, 0.25) is 0 Å². The van der Waals surface area contributed by atoms with Crippen molar-refractivity contribution >= 4 is 11.7 Å². The Morgan fingerprint density at radius 2 is 2.32 bits per heavy atom. The number of hydrogen-bond acceptors (Lipinski definition) is 4. The number of pyridine rings is 1. The van der Waals surface area contributed by atoms with Crippen molar-refractivity contribution in [1.29, 1.82) is 0 Å². The molecule has 1 aliphatic carbocycles. The molecular formula is C14H21N3O2. The molecule has 1 aliphatic rings. The number of anilines is 1. The van der Waals surface area contributed by atoms with Crippen molar-refractivity contribution in [3.8, 4) is 0 Å². The summed E-state index contributed by atoms with van der Waals surface area (Å²) in [6, 6.07) is 3.51. The summed E-state index contributed by atoms with van der Waals surface area (Å²) in [5, 5.41) is 15.0. The molecule has 0 atom stereocenters. The molecule has 0 radical (unpaired) electrons. The third kappa shape index (κ3) is 3.04. The number of carbonyl (C=O) groups is 1. The summed E-state index contributed by atoms with van der Waals surface area (Å²) >= 11 is 0. The fourth-order valence-corrected chi connectivity index (χ4v) is 2.56. The lowest BCUT2D eigenvalue weighted by atomic mass is 9.67. The molecular weight excluding hydrogens is 242 g/mol. The maximum absolute atomic E-state index is 11.7. The van der Waals surface area contributed by atoms with Gasteiger partial charge in [0.15, 0.2) is 0 Å². The van der Waals surface area contributed by atoms with Gasteiger partial charge >= 0.3 is 0 Å². The summed E-state index contributed by atoms with van der Waals surface area (Å²) in [5.41, 5.74) is 0.732. The van der Waals surface area contributed by atoms with Gasteiger partial charge in [-0.05, 0) is 36.8 Å². The molecule has 5 heteroatoms. The molecule has 0 unspecified atom stereocenters. The standard InChI is InChI=1S/C14H21N3O2/c1-15-13(19)11-4-2-8-16-12(11)17-10-14(7-9-18)5-3-6-14/h2,4,8,18H,3,5-7,9-10H2,1H3,(H,15,19)(H,16,17). The Morgan fingerprint density at radius 1 is 1.53 bits per heavy atom. The van der Waals surface area contributed by atoms with Crippen molar-refractivity contribution in [3.63, 3.8) is 0 Å². The minimum Gasteiger partial charge on any atom is -0.396 e. The third-order valence-electron chi connectivity index (χ3n) is 3.97. The monoisotopic (exact) mass is 263 g/mol. The van der Waals surface area contributed by atoms with E-state index >= 15 is 0 Å². The second-order valence-corrected chi connectivity index (χ2v) is 5.16. The second-order valence-electron chi connectivity index (χ2n) is 5.16. The molecule has 2 rings (SSSR count). The fraction of sp³-hybridized carbons (Fsp3) is 0.571. The molecule has 0 spiro atoms. The Hall–Kier alpha value is -1.62. The molecule has 0 bridgehead atoms. The molecule has 0 aromatic carbocycles. The Kier molecular flexibility index (Phi) is 4.37. The zero-order valence-corrected chi connectivity index (χ0v) is 11.3. The van der Waals surface area contributed by atoms with Gasteiger partial charge in [-0.15, -0.1) is 0 Å². The van der Waals surface area contributed by atoms with Gasteiger partial charge in [-0.25, -0.2) is 4.98 Å². The maximum atomic E-state index is 11.7. The van der Waals surface area contributed by atoms with Gasteiger partial charge in [0, 0.05) is 26.4 Å². The Balaban J connectivity index is 2.05. The summed E-state index contributed by atoms with van der Waals surface area (Å²) in [4.78, 5) is 16.0. The van der Waals surface area contributed by atoms with Gasteiger partial charge in [0.05, 0.1) is 5.56 Å². The first-order chi connectivity index (χ1) is 9.21. The Labute approximate surface area is 113 Å². The van der Waals surface area contributed by atoms with E-state index in [0.29, 0.717) is 11.4 Å². The van der Waals surface area contributed by atoms with Crippen LogP contribution in [0.4, 0.5) is 5.82 Å². The highest BCUT2D eigenvalue weighted by atomic mass is 16.3. The third-order valence-corrected chi connectivity index (χ3v) is 3.97. The van der Waals surface area contributed by atoms with Crippen molar-refractivity contribution in [2.45, 2.75) is 25.7 Å². The van der Waals surface area contributed by atoms with Gasteiger partial charge in [0.25, 0.3) is 5.91 Å². The lowest BCUT2D eigenvalue weighted by Gasteiger charge is -2.42. The summed E-state index contributed by atoms with van der Waals surface area (Å²) < 4.78 is 0. The molecule has 1 aromatic rings. The van der Waals surface area contributed by atoms with E-state index in [1.54, 1.807) is 25.4 Å². The number of carbonyl (C=O) groups excluding carboxylic acids is 1. The highest BCUT2D eigenvalue weighted by Gasteiger charge is 2.36. The van der Waals surface area contributed by atoms with Gasteiger partial charge in [-0.1, -0.05) is 6.42 Å². The molecule has 1 aromatic heterocycles. The summed E-state index contributed by atoms with van der Waals surface area (Å²) in [6.07, 6.45) is 5.95. The summed E-state index contributed by atoms with van der Waals surface area (Å²) in [5.74, 6) is 0.478. The first-order valence-electron chi connectivity index (χ1n) is 6.73. The molecule has 1 fully saturated rings. The van der Waals surface area contributed by atoms with Gasteiger partial charge in [-0.2, -0.15) is 0 Å². The molecule has 1 heterocycles. The zero-order valence-electron chi connectivity index (χ0n) is 11.3. The van der Waals surface area contributed by atoms with Crippen LogP contribution in [0.15, 0.2) is 18.3 Å². The van der Waals surface area contributed by atoms with Crippen molar-refractivity contribution in [3.05, 3.63) is 23.9 Å². The van der Waals surface area contributed by atoms with Crippen LogP contribution in [0.3, 0.4) is 0 Å². The van der Waals surface area contributed by atoms with E-state index in [0.717, 1.165) is 25.8 Å². The number of hydrogen-bond donors (Lipinski definition) is 3. The molecule has 1 saturated carbocycles. The quantitative estimate of drug-likeness (QED) is 0.725. The lowest BCUT2D eigenvalue weighted by molar-refractivity contribution is 0.0959. The summed E-state index contributed by atoms with van der Waals surface area (Å²) in [6.45, 7) is 0.973. The van der Waals surface area contributed by atoms with Crippen LogP contribution in [0.25, 0.3) is 0 Å². The fourth-order valence-electron chi connectivity index (χ4n) is 2.56. The predicted octanol–water partition coefficient (Wildman–Crippen LogP) is 1.41. The number of aliphatic hydroxyl groups is 1. The topological polar surface area (TPSA) is 74.2 Å². The van der Waals surface area contributed by atoms with Crippen LogP contribution in [-0.4, -0.2) is 36.2 Å². The van der Waals surface area contributed by atoms with Gasteiger partial charge in [0.1, 0.15) is 5.82 Å². The van der Waals surface area contributed by atoms with E-state index in [2.05, 4.69) is 15.6 Å². The molecule has 0 aliphatic heterocycles. The van der Waals surface area contributed by atoms with E-state index in [1.165, 1.54) is 6.42 Å². The molecule has 5 nitrogen and oxygen atoms in total. The van der Waals surface area contributed by atoms with Crippen LogP contribution in [-0.2, 0) is 0 Å². The van der Waals surface area contributed by atoms with Crippen LogP contribution in [0.5, 0.6) is 0 Å². The van der Waals surface area contributed by atoms with E-state index in [9.17, 15) is 4.79 Å². The number of rotatable bonds is 6. The lowest BCUT2D eigenvalue weighted by Crippen LogP contribution is -2.38. The van der Waals surface area contributed by atoms with Crippen molar-refractivity contribution in [2.75, 3.05) is 25.5 Å². The van der Waals surface area contributed by atoms with Crippen molar-refractivity contribution < 1.29 is 9.90 Å². The first-order valence-corrected chi connectivity index (χ1v) is 6.73. The predicted molar refractivity (Wildman–Crippen MR) is 74.1 cm³/mol. The zero-order chi connectivity index (χ0) is 13.7. The first kappa shape index (κ1) is 13.8.